The van der Waals surface area contributed by atoms with Crippen LogP contribution in [0.2, 0.25) is 0 Å². The van der Waals surface area contributed by atoms with Gasteiger partial charge in [-0.1, -0.05) is 6.42 Å². The molecule has 1 aromatic rings. The molecule has 1 atom stereocenters. The maximum atomic E-state index is 13.9. The van der Waals surface area contributed by atoms with Crippen molar-refractivity contribution in [3.05, 3.63) is 23.5 Å². The lowest BCUT2D eigenvalue weighted by atomic mass is 9.75. The fraction of sp³-hybridized carbons (Fsp3) is 0.611. The number of carbonyl (C=O) groups is 1. The van der Waals surface area contributed by atoms with E-state index in [0.29, 0.717) is 5.69 Å². The van der Waals surface area contributed by atoms with Gasteiger partial charge in [0.2, 0.25) is 0 Å². The quantitative estimate of drug-likeness (QED) is 0.886. The summed E-state index contributed by atoms with van der Waals surface area (Å²) in [6, 6.07) is 2.76. The topological polar surface area (TPSA) is 59.6 Å². The minimum absolute atomic E-state index is 0.157. The van der Waals surface area contributed by atoms with Gasteiger partial charge in [-0.2, -0.15) is 0 Å². The van der Waals surface area contributed by atoms with Crippen molar-refractivity contribution in [2.24, 2.45) is 5.41 Å². The van der Waals surface area contributed by atoms with Gasteiger partial charge in [0.15, 0.2) is 11.6 Å². The summed E-state index contributed by atoms with van der Waals surface area (Å²) < 4.78 is 24.3. The molecule has 0 unspecified atom stereocenters. The van der Waals surface area contributed by atoms with Crippen molar-refractivity contribution in [2.75, 3.05) is 25.6 Å². The number of amides is 2. The smallest absolute Gasteiger partial charge is 0.319 e. The molecule has 6 heteroatoms. The summed E-state index contributed by atoms with van der Waals surface area (Å²) in [6.45, 7) is 3.35. The van der Waals surface area contributed by atoms with E-state index < -0.39 is 5.82 Å². The highest BCUT2D eigenvalue weighted by Crippen LogP contribution is 2.46. The second kappa shape index (κ2) is 6.97. The molecule has 24 heavy (non-hydrogen) atoms. The Morgan fingerprint density at radius 3 is 2.79 bits per heavy atom. The van der Waals surface area contributed by atoms with Crippen LogP contribution in [0.3, 0.4) is 0 Å². The van der Waals surface area contributed by atoms with E-state index in [9.17, 15) is 9.18 Å². The molecular formula is C18H25FN2O3. The Bertz CT molecular complexity index is 615. The van der Waals surface area contributed by atoms with Gasteiger partial charge in [0.1, 0.15) is 0 Å². The average molecular weight is 336 g/mol. The van der Waals surface area contributed by atoms with Crippen molar-refractivity contribution in [3.8, 4) is 5.75 Å². The highest BCUT2D eigenvalue weighted by molar-refractivity contribution is 5.90. The monoisotopic (exact) mass is 336 g/mol. The molecule has 0 aromatic heterocycles. The first-order chi connectivity index (χ1) is 11.5. The second-order valence-corrected chi connectivity index (χ2v) is 6.82. The van der Waals surface area contributed by atoms with E-state index >= 15 is 0 Å². The van der Waals surface area contributed by atoms with Crippen molar-refractivity contribution in [1.82, 2.24) is 5.32 Å². The molecule has 1 saturated carbocycles. The molecule has 3 rings (SSSR count). The van der Waals surface area contributed by atoms with Gasteiger partial charge in [0.05, 0.1) is 7.11 Å². The molecular weight excluding hydrogens is 311 g/mol. The summed E-state index contributed by atoms with van der Waals surface area (Å²) in [4.78, 5) is 12.4. The third kappa shape index (κ3) is 3.34. The lowest BCUT2D eigenvalue weighted by molar-refractivity contribution is 0.00652. The van der Waals surface area contributed by atoms with Gasteiger partial charge in [0, 0.05) is 31.0 Å². The normalized spacial score (nSPS) is 22.4. The number of carbonyl (C=O) groups excluding carboxylic acids is 1. The van der Waals surface area contributed by atoms with E-state index in [-0.39, 0.29) is 23.2 Å². The molecule has 5 nitrogen and oxygen atoms in total. The molecule has 2 fully saturated rings. The number of nitrogens with one attached hydrogen (secondary N) is 2. The van der Waals surface area contributed by atoms with E-state index in [4.69, 9.17) is 9.47 Å². The van der Waals surface area contributed by atoms with E-state index in [1.165, 1.54) is 13.2 Å². The zero-order valence-corrected chi connectivity index (χ0v) is 14.3. The molecule has 1 aliphatic heterocycles. The Labute approximate surface area is 141 Å². The van der Waals surface area contributed by atoms with E-state index in [1.807, 2.05) is 6.92 Å². The van der Waals surface area contributed by atoms with Gasteiger partial charge in [-0.15, -0.1) is 0 Å². The SMILES string of the molecule is COc1cc(C)c(NC(=O)N[C@@H]2CCCC23CCOCC3)cc1F. The molecule has 2 N–H and O–H groups in total. The Hall–Kier alpha value is -1.82. The summed E-state index contributed by atoms with van der Waals surface area (Å²) in [5.41, 5.74) is 1.39. The number of hydrogen-bond acceptors (Lipinski definition) is 3. The lowest BCUT2D eigenvalue weighted by Gasteiger charge is -2.39. The molecule has 132 valence electrons. The Kier molecular flexibility index (Phi) is 4.94. The van der Waals surface area contributed by atoms with Crippen LogP contribution in [0.5, 0.6) is 5.75 Å². The van der Waals surface area contributed by atoms with Crippen molar-refractivity contribution in [2.45, 2.75) is 45.1 Å². The number of benzene rings is 1. The van der Waals surface area contributed by atoms with Crippen molar-refractivity contribution in [1.29, 1.82) is 0 Å². The van der Waals surface area contributed by atoms with Gasteiger partial charge in [-0.05, 0) is 49.7 Å². The summed E-state index contributed by atoms with van der Waals surface area (Å²) in [5, 5.41) is 5.88. The summed E-state index contributed by atoms with van der Waals surface area (Å²) in [7, 11) is 1.42. The van der Waals surface area contributed by atoms with E-state index in [2.05, 4.69) is 10.6 Å². The fourth-order valence-electron chi connectivity index (χ4n) is 4.00. The summed E-state index contributed by atoms with van der Waals surface area (Å²) in [6.07, 6.45) is 5.24. The number of halogens is 1. The minimum atomic E-state index is -0.486. The van der Waals surface area contributed by atoms with Crippen LogP contribution in [0, 0.1) is 18.2 Å². The minimum Gasteiger partial charge on any atom is -0.494 e. The predicted octanol–water partition coefficient (Wildman–Crippen LogP) is 3.61. The van der Waals surface area contributed by atoms with Crippen LogP contribution in [0.4, 0.5) is 14.9 Å². The highest BCUT2D eigenvalue weighted by Gasteiger charge is 2.44. The fourth-order valence-corrected chi connectivity index (χ4v) is 4.00. The standard InChI is InChI=1S/C18H25FN2O3/c1-12-10-15(23-2)13(19)11-14(12)20-17(22)21-16-4-3-5-18(16)6-8-24-9-7-18/h10-11,16H,3-9H2,1-2H3,(H2,20,21,22)/t16-/m1/s1. The summed E-state index contributed by atoms with van der Waals surface area (Å²) >= 11 is 0. The first-order valence-electron chi connectivity index (χ1n) is 8.53. The van der Waals surface area contributed by atoms with Gasteiger partial charge in [-0.25, -0.2) is 9.18 Å². The van der Waals surface area contributed by atoms with Gasteiger partial charge in [0.25, 0.3) is 0 Å². The number of ether oxygens (including phenoxy) is 2. The molecule has 0 radical (unpaired) electrons. The van der Waals surface area contributed by atoms with Crippen LogP contribution in [0.15, 0.2) is 12.1 Å². The molecule has 0 bridgehead atoms. The van der Waals surface area contributed by atoms with E-state index in [0.717, 1.165) is 50.9 Å². The largest absolute Gasteiger partial charge is 0.494 e. The molecule has 1 aromatic carbocycles. The molecule has 1 spiro atoms. The van der Waals surface area contributed by atoms with Crippen LogP contribution >= 0.6 is 0 Å². The van der Waals surface area contributed by atoms with Crippen LogP contribution in [0.25, 0.3) is 0 Å². The predicted molar refractivity (Wildman–Crippen MR) is 90.0 cm³/mol. The number of anilines is 1. The maximum absolute atomic E-state index is 13.9. The zero-order chi connectivity index (χ0) is 17.2. The van der Waals surface area contributed by atoms with Gasteiger partial charge in [-0.3, -0.25) is 0 Å². The second-order valence-electron chi connectivity index (χ2n) is 6.82. The van der Waals surface area contributed by atoms with Gasteiger partial charge >= 0.3 is 6.03 Å². The molecule has 2 amide bonds. The first-order valence-corrected chi connectivity index (χ1v) is 8.53. The summed E-state index contributed by atoms with van der Waals surface area (Å²) in [5.74, 6) is -0.310. The van der Waals surface area contributed by atoms with Crippen molar-refractivity contribution >= 4 is 11.7 Å². The Balaban J connectivity index is 1.66. The Morgan fingerprint density at radius 1 is 1.33 bits per heavy atom. The van der Waals surface area contributed by atoms with E-state index in [1.54, 1.807) is 6.07 Å². The maximum Gasteiger partial charge on any atom is 0.319 e. The average Bonchev–Trinajstić information content (AvgIpc) is 2.93. The Morgan fingerprint density at radius 2 is 2.08 bits per heavy atom. The van der Waals surface area contributed by atoms with Crippen LogP contribution in [-0.4, -0.2) is 32.4 Å². The third-order valence-corrected chi connectivity index (χ3v) is 5.45. The number of urea groups is 1. The van der Waals surface area contributed by atoms with Crippen molar-refractivity contribution < 1.29 is 18.7 Å². The number of hydrogen-bond donors (Lipinski definition) is 2. The zero-order valence-electron chi connectivity index (χ0n) is 14.3. The van der Waals surface area contributed by atoms with Crippen molar-refractivity contribution in [3.63, 3.8) is 0 Å². The van der Waals surface area contributed by atoms with Gasteiger partial charge < -0.3 is 20.1 Å². The molecule has 1 saturated heterocycles. The number of methoxy groups -OCH3 is 1. The first kappa shape index (κ1) is 17.0. The lowest BCUT2D eigenvalue weighted by Crippen LogP contribution is -2.48. The van der Waals surface area contributed by atoms with Crippen LogP contribution < -0.4 is 15.4 Å². The number of rotatable bonds is 3. The van der Waals surface area contributed by atoms with Crippen LogP contribution in [-0.2, 0) is 4.74 Å². The molecule has 2 aliphatic rings. The number of aryl methyl sites for hydroxylation is 1. The molecule has 1 aliphatic carbocycles. The third-order valence-electron chi connectivity index (χ3n) is 5.45. The highest BCUT2D eigenvalue weighted by atomic mass is 19.1. The molecule has 1 heterocycles. The van der Waals surface area contributed by atoms with Crippen LogP contribution in [0.1, 0.15) is 37.7 Å².